The maximum absolute atomic E-state index is 11.7. The van der Waals surface area contributed by atoms with E-state index in [1.54, 1.807) is 0 Å². The maximum atomic E-state index is 11.7. The van der Waals surface area contributed by atoms with Gasteiger partial charge in [-0.15, -0.1) is 0 Å². The van der Waals surface area contributed by atoms with Crippen molar-refractivity contribution in [1.29, 1.82) is 0 Å². The standard InChI is InChI=1S/C14H23N3O3S2/c1-13(2,3)11-15-12(21-16-11)17-6-7-20-14(10-17)4-8-22(18,19)9-5-14/h4-10H2,1-3H3. The summed E-state index contributed by atoms with van der Waals surface area (Å²) in [6, 6.07) is 0. The number of nitrogens with zero attached hydrogens (tertiary/aromatic N) is 3. The largest absolute Gasteiger partial charge is 0.371 e. The highest BCUT2D eigenvalue weighted by Gasteiger charge is 2.42. The van der Waals surface area contributed by atoms with E-state index in [0.717, 1.165) is 17.5 Å². The Morgan fingerprint density at radius 1 is 1.27 bits per heavy atom. The van der Waals surface area contributed by atoms with Crippen LogP contribution in [0.15, 0.2) is 0 Å². The highest BCUT2D eigenvalue weighted by Crippen LogP contribution is 2.34. The Morgan fingerprint density at radius 3 is 2.55 bits per heavy atom. The molecule has 3 rings (SSSR count). The first kappa shape index (κ1) is 16.1. The lowest BCUT2D eigenvalue weighted by molar-refractivity contribution is -0.0616. The molecule has 1 aromatic rings. The molecule has 0 N–H and O–H groups in total. The molecule has 0 saturated carbocycles. The van der Waals surface area contributed by atoms with Crippen LogP contribution in [0.3, 0.4) is 0 Å². The third-order valence-electron chi connectivity index (χ3n) is 4.34. The van der Waals surface area contributed by atoms with Gasteiger partial charge in [-0.2, -0.15) is 4.37 Å². The Balaban J connectivity index is 1.75. The Hall–Kier alpha value is -0.730. The molecule has 3 heterocycles. The Morgan fingerprint density at radius 2 is 1.95 bits per heavy atom. The van der Waals surface area contributed by atoms with Crippen molar-refractivity contribution in [2.45, 2.75) is 44.6 Å². The number of hydrogen-bond donors (Lipinski definition) is 0. The SMILES string of the molecule is CC(C)(C)c1nsc(N2CCOC3(CCS(=O)(=O)CC3)C2)n1. The topological polar surface area (TPSA) is 72.4 Å². The predicted molar refractivity (Wildman–Crippen MR) is 87.4 cm³/mol. The lowest BCUT2D eigenvalue weighted by Gasteiger charge is -2.44. The van der Waals surface area contributed by atoms with Gasteiger partial charge in [-0.25, -0.2) is 13.4 Å². The summed E-state index contributed by atoms with van der Waals surface area (Å²) in [5.41, 5.74) is -0.394. The van der Waals surface area contributed by atoms with Gasteiger partial charge in [-0.3, -0.25) is 0 Å². The van der Waals surface area contributed by atoms with Gasteiger partial charge in [-0.05, 0) is 12.8 Å². The maximum Gasteiger partial charge on any atom is 0.205 e. The van der Waals surface area contributed by atoms with Crippen LogP contribution in [0.25, 0.3) is 0 Å². The van der Waals surface area contributed by atoms with E-state index < -0.39 is 9.84 Å². The molecule has 1 spiro atoms. The summed E-state index contributed by atoms with van der Waals surface area (Å²) in [6.07, 6.45) is 1.16. The fourth-order valence-electron chi connectivity index (χ4n) is 2.87. The summed E-state index contributed by atoms with van der Waals surface area (Å²) in [4.78, 5) is 6.87. The molecule has 0 atom stereocenters. The Kier molecular flexibility index (Phi) is 3.98. The van der Waals surface area contributed by atoms with Crippen LogP contribution in [0.4, 0.5) is 5.13 Å². The normalized spacial score (nSPS) is 24.6. The molecule has 6 nitrogen and oxygen atoms in total. The average Bonchev–Trinajstić information content (AvgIpc) is 2.93. The fourth-order valence-corrected chi connectivity index (χ4v) is 5.32. The van der Waals surface area contributed by atoms with Crippen molar-refractivity contribution in [1.82, 2.24) is 9.36 Å². The predicted octanol–water partition coefficient (Wildman–Crippen LogP) is 1.62. The van der Waals surface area contributed by atoms with Crippen molar-refractivity contribution in [2.24, 2.45) is 0 Å². The molecule has 1 aromatic heterocycles. The molecule has 2 fully saturated rings. The summed E-state index contributed by atoms with van der Waals surface area (Å²) in [5, 5.41) is 0.918. The van der Waals surface area contributed by atoms with E-state index >= 15 is 0 Å². The van der Waals surface area contributed by atoms with Gasteiger partial charge in [0.15, 0.2) is 9.84 Å². The van der Waals surface area contributed by atoms with Crippen LogP contribution in [-0.4, -0.2) is 54.6 Å². The van der Waals surface area contributed by atoms with E-state index in [2.05, 4.69) is 35.0 Å². The van der Waals surface area contributed by atoms with Crippen molar-refractivity contribution < 1.29 is 13.2 Å². The number of rotatable bonds is 1. The first-order chi connectivity index (χ1) is 10.2. The zero-order chi connectivity index (χ0) is 16.0. The van der Waals surface area contributed by atoms with E-state index in [1.807, 2.05) is 0 Å². The van der Waals surface area contributed by atoms with Gasteiger partial charge in [0, 0.05) is 30.0 Å². The van der Waals surface area contributed by atoms with E-state index in [-0.39, 0.29) is 22.5 Å². The first-order valence-electron chi connectivity index (χ1n) is 7.63. The van der Waals surface area contributed by atoms with Crippen LogP contribution in [0.1, 0.15) is 39.4 Å². The molecular weight excluding hydrogens is 322 g/mol. The van der Waals surface area contributed by atoms with Crippen molar-refractivity contribution in [3.8, 4) is 0 Å². The third-order valence-corrected chi connectivity index (χ3v) is 6.77. The summed E-state index contributed by atoms with van der Waals surface area (Å²) < 4.78 is 33.8. The van der Waals surface area contributed by atoms with E-state index in [1.165, 1.54) is 11.5 Å². The van der Waals surface area contributed by atoms with Crippen LogP contribution in [-0.2, 0) is 20.0 Å². The molecule has 124 valence electrons. The quantitative estimate of drug-likeness (QED) is 0.770. The molecule has 0 amide bonds. The van der Waals surface area contributed by atoms with Crippen molar-refractivity contribution in [3.63, 3.8) is 0 Å². The van der Waals surface area contributed by atoms with E-state index in [9.17, 15) is 8.42 Å². The molecule has 0 aromatic carbocycles. The smallest absolute Gasteiger partial charge is 0.205 e. The number of morpholine rings is 1. The highest BCUT2D eigenvalue weighted by atomic mass is 32.2. The summed E-state index contributed by atoms with van der Waals surface area (Å²) >= 11 is 1.42. The molecule has 0 aliphatic carbocycles. The van der Waals surface area contributed by atoms with E-state index in [4.69, 9.17) is 4.74 Å². The minimum Gasteiger partial charge on any atom is -0.371 e. The second-order valence-corrected chi connectivity index (χ2v) is 10.3. The molecule has 2 aliphatic rings. The van der Waals surface area contributed by atoms with Crippen LogP contribution >= 0.6 is 11.5 Å². The molecule has 8 heteroatoms. The summed E-state index contributed by atoms with van der Waals surface area (Å²) in [7, 11) is -2.88. The lowest BCUT2D eigenvalue weighted by Crippen LogP contribution is -2.55. The minimum atomic E-state index is -2.88. The van der Waals surface area contributed by atoms with Crippen LogP contribution in [0, 0.1) is 0 Å². The molecule has 0 bridgehead atoms. The van der Waals surface area contributed by atoms with Gasteiger partial charge in [-0.1, -0.05) is 20.8 Å². The Bertz CT molecular complexity index is 635. The van der Waals surface area contributed by atoms with Gasteiger partial charge in [0.2, 0.25) is 5.13 Å². The van der Waals surface area contributed by atoms with Gasteiger partial charge in [0.1, 0.15) is 5.82 Å². The van der Waals surface area contributed by atoms with E-state index in [0.29, 0.717) is 26.0 Å². The van der Waals surface area contributed by atoms with Gasteiger partial charge < -0.3 is 9.64 Å². The third kappa shape index (κ3) is 3.28. The number of aromatic nitrogens is 2. The second-order valence-electron chi connectivity index (χ2n) is 7.26. The summed E-state index contributed by atoms with van der Waals surface area (Å²) in [6.45, 7) is 8.42. The van der Waals surface area contributed by atoms with Crippen LogP contribution in [0.2, 0.25) is 0 Å². The number of anilines is 1. The van der Waals surface area contributed by atoms with Gasteiger partial charge in [0.05, 0.1) is 23.7 Å². The number of ether oxygens (including phenoxy) is 1. The minimum absolute atomic E-state index is 0.0579. The monoisotopic (exact) mass is 345 g/mol. The van der Waals surface area contributed by atoms with Crippen molar-refractivity contribution in [3.05, 3.63) is 5.82 Å². The molecule has 0 unspecified atom stereocenters. The summed E-state index contributed by atoms with van der Waals surface area (Å²) in [5.74, 6) is 1.31. The van der Waals surface area contributed by atoms with Gasteiger partial charge in [0.25, 0.3) is 0 Å². The molecule has 2 aliphatic heterocycles. The first-order valence-corrected chi connectivity index (χ1v) is 10.2. The highest BCUT2D eigenvalue weighted by molar-refractivity contribution is 7.91. The molecule has 2 saturated heterocycles. The number of sulfone groups is 1. The van der Waals surface area contributed by atoms with Crippen molar-refractivity contribution >= 4 is 26.5 Å². The number of hydrogen-bond acceptors (Lipinski definition) is 7. The molecule has 22 heavy (non-hydrogen) atoms. The Labute approximate surface area is 136 Å². The zero-order valence-electron chi connectivity index (χ0n) is 13.3. The lowest BCUT2D eigenvalue weighted by atomic mass is 9.94. The average molecular weight is 345 g/mol. The fraction of sp³-hybridized carbons (Fsp3) is 0.857. The van der Waals surface area contributed by atoms with Crippen LogP contribution in [0.5, 0.6) is 0 Å². The molecular formula is C14H23N3O3S2. The van der Waals surface area contributed by atoms with Gasteiger partial charge >= 0.3 is 0 Å². The van der Waals surface area contributed by atoms with Crippen LogP contribution < -0.4 is 4.90 Å². The van der Waals surface area contributed by atoms with Crippen molar-refractivity contribution in [2.75, 3.05) is 36.1 Å². The zero-order valence-corrected chi connectivity index (χ0v) is 15.0. The second kappa shape index (κ2) is 5.42. The molecule has 0 radical (unpaired) electrons.